The van der Waals surface area contributed by atoms with Crippen LogP contribution in [-0.2, 0) is 0 Å². The van der Waals surface area contributed by atoms with Crippen LogP contribution in [0.3, 0.4) is 0 Å². The SMILES string of the molecule is CCNC(C)/C(C)=C/c1cc(C)c(OC(F)F)c(C)c1. The first-order valence-corrected chi connectivity index (χ1v) is 6.82. The second-order valence-corrected chi connectivity index (χ2v) is 5.03. The van der Waals surface area contributed by atoms with E-state index in [4.69, 9.17) is 0 Å². The first kappa shape index (κ1) is 16.6. The molecule has 0 aliphatic carbocycles. The Morgan fingerprint density at radius 2 is 1.85 bits per heavy atom. The molecule has 0 heterocycles. The lowest BCUT2D eigenvalue weighted by Crippen LogP contribution is -2.26. The average molecular weight is 283 g/mol. The molecule has 1 atom stereocenters. The Morgan fingerprint density at radius 3 is 2.30 bits per heavy atom. The predicted molar refractivity (Wildman–Crippen MR) is 79.3 cm³/mol. The highest BCUT2D eigenvalue weighted by Gasteiger charge is 2.11. The lowest BCUT2D eigenvalue weighted by atomic mass is 10.0. The molecule has 0 saturated carbocycles. The van der Waals surface area contributed by atoms with Crippen LogP contribution in [0.5, 0.6) is 5.75 Å². The van der Waals surface area contributed by atoms with Crippen molar-refractivity contribution in [1.82, 2.24) is 5.32 Å². The van der Waals surface area contributed by atoms with Gasteiger partial charge in [0.2, 0.25) is 0 Å². The summed E-state index contributed by atoms with van der Waals surface area (Å²) in [5, 5.41) is 3.34. The highest BCUT2D eigenvalue weighted by Crippen LogP contribution is 2.27. The molecule has 0 radical (unpaired) electrons. The molecule has 0 amide bonds. The molecule has 0 aliphatic rings. The summed E-state index contributed by atoms with van der Waals surface area (Å²) in [4.78, 5) is 0. The Bertz CT molecular complexity index is 460. The summed E-state index contributed by atoms with van der Waals surface area (Å²) in [5.74, 6) is 0.273. The molecule has 1 unspecified atom stereocenters. The van der Waals surface area contributed by atoms with Crippen LogP contribution in [0.25, 0.3) is 6.08 Å². The number of nitrogens with one attached hydrogen (secondary N) is 1. The summed E-state index contributed by atoms with van der Waals surface area (Å²) in [6.45, 7) is 7.91. The number of hydrogen-bond acceptors (Lipinski definition) is 2. The van der Waals surface area contributed by atoms with Crippen molar-refractivity contribution in [1.29, 1.82) is 0 Å². The number of benzene rings is 1. The van der Waals surface area contributed by atoms with Gasteiger partial charge in [0.1, 0.15) is 5.75 Å². The molecule has 4 heteroatoms. The second-order valence-electron chi connectivity index (χ2n) is 5.03. The molecule has 112 valence electrons. The van der Waals surface area contributed by atoms with Gasteiger partial charge in [-0.05, 0) is 63.1 Å². The topological polar surface area (TPSA) is 21.3 Å². The maximum Gasteiger partial charge on any atom is 0.387 e. The minimum Gasteiger partial charge on any atom is -0.434 e. The van der Waals surface area contributed by atoms with Gasteiger partial charge in [0.25, 0.3) is 0 Å². The molecule has 0 saturated heterocycles. The summed E-state index contributed by atoms with van der Waals surface area (Å²) >= 11 is 0. The van der Waals surface area contributed by atoms with E-state index in [2.05, 4.69) is 36.9 Å². The minimum absolute atomic E-state index is 0.273. The van der Waals surface area contributed by atoms with Gasteiger partial charge in [0.05, 0.1) is 0 Å². The Balaban J connectivity index is 3.02. The van der Waals surface area contributed by atoms with Crippen molar-refractivity contribution in [3.8, 4) is 5.75 Å². The van der Waals surface area contributed by atoms with Gasteiger partial charge >= 0.3 is 6.61 Å². The van der Waals surface area contributed by atoms with Crippen LogP contribution < -0.4 is 10.1 Å². The van der Waals surface area contributed by atoms with Crippen molar-refractivity contribution in [3.63, 3.8) is 0 Å². The smallest absolute Gasteiger partial charge is 0.387 e. The molecule has 0 spiro atoms. The Hall–Kier alpha value is -1.42. The molecule has 0 aliphatic heterocycles. The van der Waals surface area contributed by atoms with Crippen molar-refractivity contribution in [3.05, 3.63) is 34.4 Å². The standard InChI is InChI=1S/C16H23F2NO/c1-6-19-13(5)10(2)7-14-8-11(3)15(12(4)9-14)20-16(17)18/h7-9,13,16,19H,6H2,1-5H3/b10-7+. The van der Waals surface area contributed by atoms with E-state index in [9.17, 15) is 8.78 Å². The normalized spacial score (nSPS) is 13.7. The third-order valence-electron chi connectivity index (χ3n) is 3.28. The van der Waals surface area contributed by atoms with Gasteiger partial charge in [-0.25, -0.2) is 0 Å². The second kappa shape index (κ2) is 7.39. The van der Waals surface area contributed by atoms with E-state index in [-0.39, 0.29) is 11.8 Å². The number of alkyl halides is 2. The van der Waals surface area contributed by atoms with Crippen LogP contribution in [0.2, 0.25) is 0 Å². The third-order valence-corrected chi connectivity index (χ3v) is 3.28. The monoisotopic (exact) mass is 283 g/mol. The van der Waals surface area contributed by atoms with Gasteiger partial charge in [-0.1, -0.05) is 18.6 Å². The fourth-order valence-electron chi connectivity index (χ4n) is 2.20. The number of hydrogen-bond donors (Lipinski definition) is 1. The predicted octanol–water partition coefficient (Wildman–Crippen LogP) is 4.31. The third kappa shape index (κ3) is 4.60. The van der Waals surface area contributed by atoms with Crippen molar-refractivity contribution >= 4 is 6.08 Å². The number of rotatable bonds is 6. The van der Waals surface area contributed by atoms with E-state index in [1.54, 1.807) is 13.8 Å². The number of ether oxygens (including phenoxy) is 1. The molecule has 2 nitrogen and oxygen atoms in total. The number of aryl methyl sites for hydroxylation is 2. The molecular formula is C16H23F2NO. The van der Waals surface area contributed by atoms with E-state index in [0.29, 0.717) is 0 Å². The lowest BCUT2D eigenvalue weighted by Gasteiger charge is -2.15. The van der Waals surface area contributed by atoms with E-state index < -0.39 is 6.61 Å². The summed E-state index contributed by atoms with van der Waals surface area (Å²) in [5.41, 5.74) is 3.65. The van der Waals surface area contributed by atoms with E-state index in [1.807, 2.05) is 12.1 Å². The number of likely N-dealkylation sites (N-methyl/N-ethyl adjacent to an activating group) is 1. The largest absolute Gasteiger partial charge is 0.434 e. The van der Waals surface area contributed by atoms with Gasteiger partial charge in [-0.15, -0.1) is 0 Å². The van der Waals surface area contributed by atoms with Crippen LogP contribution in [0.4, 0.5) is 8.78 Å². The Labute approximate surface area is 119 Å². The van der Waals surface area contributed by atoms with Gasteiger partial charge in [-0.2, -0.15) is 8.78 Å². The van der Waals surface area contributed by atoms with E-state index in [1.165, 1.54) is 5.57 Å². The molecule has 20 heavy (non-hydrogen) atoms. The number of halogens is 2. The zero-order valence-corrected chi connectivity index (χ0v) is 12.8. The van der Waals surface area contributed by atoms with Crippen LogP contribution in [-0.4, -0.2) is 19.2 Å². The zero-order chi connectivity index (χ0) is 15.3. The average Bonchev–Trinajstić information content (AvgIpc) is 2.34. The molecule has 1 N–H and O–H groups in total. The zero-order valence-electron chi connectivity index (χ0n) is 12.8. The van der Waals surface area contributed by atoms with Crippen molar-refractivity contribution in [2.45, 2.75) is 47.3 Å². The molecule has 0 fully saturated rings. The molecular weight excluding hydrogens is 260 g/mol. The Morgan fingerprint density at radius 1 is 1.30 bits per heavy atom. The van der Waals surface area contributed by atoms with Crippen LogP contribution in [0.15, 0.2) is 17.7 Å². The van der Waals surface area contributed by atoms with Gasteiger partial charge in [-0.3, -0.25) is 0 Å². The fraction of sp³-hybridized carbons (Fsp3) is 0.500. The van der Waals surface area contributed by atoms with Gasteiger partial charge in [0, 0.05) is 6.04 Å². The molecule has 0 bridgehead atoms. The summed E-state index contributed by atoms with van der Waals surface area (Å²) in [7, 11) is 0. The quantitative estimate of drug-likeness (QED) is 0.840. The highest BCUT2D eigenvalue weighted by atomic mass is 19.3. The maximum absolute atomic E-state index is 12.3. The van der Waals surface area contributed by atoms with Crippen molar-refractivity contribution in [2.75, 3.05) is 6.54 Å². The molecule has 1 rings (SSSR count). The minimum atomic E-state index is -2.79. The summed E-state index contributed by atoms with van der Waals surface area (Å²) in [6.07, 6.45) is 2.07. The van der Waals surface area contributed by atoms with Crippen molar-refractivity contribution < 1.29 is 13.5 Å². The first-order chi connectivity index (χ1) is 9.35. The first-order valence-electron chi connectivity index (χ1n) is 6.82. The van der Waals surface area contributed by atoms with Crippen LogP contribution >= 0.6 is 0 Å². The lowest BCUT2D eigenvalue weighted by molar-refractivity contribution is -0.0507. The van der Waals surface area contributed by atoms with Gasteiger partial charge < -0.3 is 10.1 Å². The van der Waals surface area contributed by atoms with Crippen LogP contribution in [0.1, 0.15) is 37.5 Å². The molecule has 1 aromatic carbocycles. The van der Waals surface area contributed by atoms with Crippen LogP contribution in [0, 0.1) is 13.8 Å². The Kier molecular flexibility index (Phi) is 6.14. The van der Waals surface area contributed by atoms with E-state index in [0.717, 1.165) is 23.2 Å². The highest BCUT2D eigenvalue weighted by molar-refractivity contribution is 5.58. The van der Waals surface area contributed by atoms with Crippen molar-refractivity contribution in [2.24, 2.45) is 0 Å². The van der Waals surface area contributed by atoms with Gasteiger partial charge in [0.15, 0.2) is 0 Å². The maximum atomic E-state index is 12.3. The fourth-order valence-corrected chi connectivity index (χ4v) is 2.20. The molecule has 1 aromatic rings. The van der Waals surface area contributed by atoms with E-state index >= 15 is 0 Å². The summed E-state index contributed by atoms with van der Waals surface area (Å²) < 4.78 is 29.2. The molecule has 0 aromatic heterocycles. The summed E-state index contributed by atoms with van der Waals surface area (Å²) in [6, 6.07) is 4.03.